The highest BCUT2D eigenvalue weighted by Crippen LogP contribution is 2.36. The van der Waals surface area contributed by atoms with Crippen LogP contribution in [0.4, 0.5) is 5.69 Å². The van der Waals surface area contributed by atoms with Crippen molar-refractivity contribution in [3.63, 3.8) is 0 Å². The molecule has 1 amide bonds. The summed E-state index contributed by atoms with van der Waals surface area (Å²) in [4.78, 5) is 13.0. The summed E-state index contributed by atoms with van der Waals surface area (Å²) in [5, 5.41) is 2.95. The molecular weight excluding hydrogens is 424 g/mol. The van der Waals surface area contributed by atoms with E-state index >= 15 is 0 Å². The minimum Gasteiger partial charge on any atom is -0.476 e. The van der Waals surface area contributed by atoms with Crippen molar-refractivity contribution in [1.29, 1.82) is 0 Å². The first-order chi connectivity index (χ1) is 15.3. The molecular formula is C25H26N2O4S. The average Bonchev–Trinajstić information content (AvgIpc) is 2.79. The first kappa shape index (κ1) is 21.9. The van der Waals surface area contributed by atoms with Crippen LogP contribution in [0.3, 0.4) is 0 Å². The van der Waals surface area contributed by atoms with E-state index in [4.69, 9.17) is 4.74 Å². The van der Waals surface area contributed by atoms with Gasteiger partial charge in [0.15, 0.2) is 6.10 Å². The van der Waals surface area contributed by atoms with Crippen molar-refractivity contribution in [3.05, 3.63) is 95.6 Å². The van der Waals surface area contributed by atoms with E-state index in [1.165, 1.54) is 4.31 Å². The van der Waals surface area contributed by atoms with Crippen molar-refractivity contribution >= 4 is 21.6 Å². The molecule has 0 saturated carbocycles. The molecule has 4 rings (SSSR count). The fourth-order valence-electron chi connectivity index (χ4n) is 3.71. The van der Waals surface area contributed by atoms with Crippen molar-refractivity contribution < 1.29 is 17.9 Å². The number of carbonyl (C=O) groups is 1. The minimum atomic E-state index is -3.73. The van der Waals surface area contributed by atoms with E-state index in [2.05, 4.69) is 5.32 Å². The molecule has 3 aromatic carbocycles. The van der Waals surface area contributed by atoms with Gasteiger partial charge < -0.3 is 10.1 Å². The zero-order chi connectivity index (χ0) is 22.7. The van der Waals surface area contributed by atoms with Gasteiger partial charge in [-0.2, -0.15) is 0 Å². The highest BCUT2D eigenvalue weighted by Gasteiger charge is 2.37. The number of fused-ring (bicyclic) bond motifs is 1. The van der Waals surface area contributed by atoms with Crippen molar-refractivity contribution in [1.82, 2.24) is 5.32 Å². The SMILES string of the molecule is Cc1ccc([C@@H](C)NC(=O)[C@H]2CN(S(=O)(=O)Cc3ccccc3)c3ccccc3O2)cc1. The molecule has 0 unspecified atom stereocenters. The summed E-state index contributed by atoms with van der Waals surface area (Å²) in [6.45, 7) is 3.81. The van der Waals surface area contributed by atoms with Gasteiger partial charge in [-0.05, 0) is 37.1 Å². The van der Waals surface area contributed by atoms with Crippen molar-refractivity contribution in [2.75, 3.05) is 10.8 Å². The highest BCUT2D eigenvalue weighted by molar-refractivity contribution is 7.92. The van der Waals surface area contributed by atoms with Crippen LogP contribution in [0, 0.1) is 6.92 Å². The third kappa shape index (κ3) is 4.78. The average molecular weight is 451 g/mol. The molecule has 0 saturated heterocycles. The molecule has 0 aliphatic carbocycles. The summed E-state index contributed by atoms with van der Waals surface area (Å²) >= 11 is 0. The van der Waals surface area contributed by atoms with Gasteiger partial charge in [-0.3, -0.25) is 9.10 Å². The molecule has 0 bridgehead atoms. The Morgan fingerprint density at radius 2 is 1.69 bits per heavy atom. The predicted octanol–water partition coefficient (Wildman–Crippen LogP) is 3.97. The highest BCUT2D eigenvalue weighted by atomic mass is 32.2. The number of para-hydroxylation sites is 2. The van der Waals surface area contributed by atoms with Gasteiger partial charge in [0, 0.05) is 0 Å². The zero-order valence-electron chi connectivity index (χ0n) is 18.1. The standard InChI is InChI=1S/C25H26N2O4S/c1-18-12-14-21(15-13-18)19(2)26-25(28)24-16-27(22-10-6-7-11-23(22)31-24)32(29,30)17-20-8-4-3-5-9-20/h3-15,19,24H,16-17H2,1-2H3,(H,26,28)/t19-,24-/m1/s1. The molecule has 6 nitrogen and oxygen atoms in total. The zero-order valence-corrected chi connectivity index (χ0v) is 18.9. The molecule has 7 heteroatoms. The van der Waals surface area contributed by atoms with E-state index in [-0.39, 0.29) is 24.2 Å². The maximum absolute atomic E-state index is 13.3. The molecule has 1 aliphatic rings. The van der Waals surface area contributed by atoms with Gasteiger partial charge >= 0.3 is 0 Å². The van der Waals surface area contributed by atoms with Crippen LogP contribution in [-0.4, -0.2) is 27.0 Å². The summed E-state index contributed by atoms with van der Waals surface area (Å²) in [6.07, 6.45) is -0.955. The van der Waals surface area contributed by atoms with Crippen molar-refractivity contribution in [2.24, 2.45) is 0 Å². The quantitative estimate of drug-likeness (QED) is 0.617. The lowest BCUT2D eigenvalue weighted by Gasteiger charge is -2.35. The number of hydrogen-bond acceptors (Lipinski definition) is 4. The second-order valence-electron chi connectivity index (χ2n) is 7.99. The summed E-state index contributed by atoms with van der Waals surface area (Å²) < 4.78 is 33.8. The smallest absolute Gasteiger partial charge is 0.263 e. The number of benzene rings is 3. The predicted molar refractivity (Wildman–Crippen MR) is 125 cm³/mol. The fourth-order valence-corrected chi connectivity index (χ4v) is 5.29. The number of aryl methyl sites for hydroxylation is 1. The second kappa shape index (κ2) is 9.04. The Hall–Kier alpha value is -3.32. The van der Waals surface area contributed by atoms with E-state index in [1.807, 2.05) is 44.2 Å². The van der Waals surface area contributed by atoms with Crippen LogP contribution in [0.25, 0.3) is 0 Å². The monoisotopic (exact) mass is 450 g/mol. The molecule has 3 aromatic rings. The normalized spacial score (nSPS) is 16.6. The third-order valence-electron chi connectivity index (χ3n) is 5.49. The van der Waals surface area contributed by atoms with Crippen LogP contribution in [0.1, 0.15) is 29.7 Å². The second-order valence-corrected chi connectivity index (χ2v) is 9.88. The molecule has 2 atom stereocenters. The van der Waals surface area contributed by atoms with Gasteiger partial charge in [0.2, 0.25) is 10.0 Å². The first-order valence-corrected chi connectivity index (χ1v) is 12.1. The lowest BCUT2D eigenvalue weighted by molar-refractivity contribution is -0.128. The number of carbonyl (C=O) groups excluding carboxylic acids is 1. The van der Waals surface area contributed by atoms with Crippen LogP contribution in [-0.2, 0) is 20.6 Å². The Bertz CT molecular complexity index is 1190. The van der Waals surface area contributed by atoms with E-state index in [0.717, 1.165) is 11.1 Å². The summed E-state index contributed by atoms with van der Waals surface area (Å²) in [5.74, 6) is -0.137. The minimum absolute atomic E-state index is 0.0847. The lowest BCUT2D eigenvalue weighted by atomic mass is 10.1. The third-order valence-corrected chi connectivity index (χ3v) is 7.21. The van der Waals surface area contributed by atoms with E-state index in [9.17, 15) is 13.2 Å². The van der Waals surface area contributed by atoms with Crippen LogP contribution >= 0.6 is 0 Å². The van der Waals surface area contributed by atoms with Crippen LogP contribution in [0.2, 0.25) is 0 Å². The molecule has 1 N–H and O–H groups in total. The number of hydrogen-bond donors (Lipinski definition) is 1. The molecule has 0 radical (unpaired) electrons. The largest absolute Gasteiger partial charge is 0.476 e. The Balaban J connectivity index is 1.56. The van der Waals surface area contributed by atoms with Gasteiger partial charge in [-0.25, -0.2) is 8.42 Å². The molecule has 0 fully saturated rings. The Morgan fingerprint density at radius 1 is 1.03 bits per heavy atom. The number of nitrogens with zero attached hydrogens (tertiary/aromatic N) is 1. The molecule has 0 spiro atoms. The van der Waals surface area contributed by atoms with Crippen LogP contribution < -0.4 is 14.4 Å². The number of nitrogens with one attached hydrogen (secondary N) is 1. The van der Waals surface area contributed by atoms with Gasteiger partial charge in [-0.1, -0.05) is 72.3 Å². The van der Waals surface area contributed by atoms with Crippen molar-refractivity contribution in [3.8, 4) is 5.75 Å². The summed E-state index contributed by atoms with van der Waals surface area (Å²) in [5.41, 5.74) is 3.23. The lowest BCUT2D eigenvalue weighted by Crippen LogP contribution is -2.51. The number of amides is 1. The molecule has 0 aromatic heterocycles. The van der Waals surface area contributed by atoms with E-state index in [1.54, 1.807) is 48.5 Å². The summed E-state index contributed by atoms with van der Waals surface area (Å²) in [7, 11) is -3.73. The Labute approximate surface area is 188 Å². The maximum Gasteiger partial charge on any atom is 0.263 e. The Morgan fingerprint density at radius 3 is 2.41 bits per heavy atom. The number of anilines is 1. The fraction of sp³-hybridized carbons (Fsp3) is 0.240. The van der Waals surface area contributed by atoms with Gasteiger partial charge in [0.05, 0.1) is 24.0 Å². The number of rotatable bonds is 6. The molecule has 166 valence electrons. The number of sulfonamides is 1. The van der Waals surface area contributed by atoms with Crippen molar-refractivity contribution in [2.45, 2.75) is 31.7 Å². The van der Waals surface area contributed by atoms with Crippen LogP contribution in [0.5, 0.6) is 5.75 Å². The topological polar surface area (TPSA) is 75.7 Å². The molecule has 1 aliphatic heterocycles. The van der Waals surface area contributed by atoms with Gasteiger partial charge in [0.25, 0.3) is 5.91 Å². The first-order valence-electron chi connectivity index (χ1n) is 10.5. The maximum atomic E-state index is 13.3. The molecule has 32 heavy (non-hydrogen) atoms. The number of ether oxygens (including phenoxy) is 1. The van der Waals surface area contributed by atoms with E-state index in [0.29, 0.717) is 17.0 Å². The summed E-state index contributed by atoms with van der Waals surface area (Å²) in [6, 6.07) is 23.6. The van der Waals surface area contributed by atoms with Gasteiger partial charge in [0.1, 0.15) is 5.75 Å². The van der Waals surface area contributed by atoms with Gasteiger partial charge in [-0.15, -0.1) is 0 Å². The molecule has 1 heterocycles. The van der Waals surface area contributed by atoms with E-state index < -0.39 is 16.1 Å². The van der Waals surface area contributed by atoms with Crippen LogP contribution in [0.15, 0.2) is 78.9 Å². The Kier molecular flexibility index (Phi) is 6.19.